The van der Waals surface area contributed by atoms with Gasteiger partial charge in [0, 0.05) is 31.4 Å². The molecule has 1 aliphatic rings. The SMILES string of the molecule is COc1ccc(NC(N)=NCC2CN(CC(C)C)CCO2)cc1OC. The predicted molar refractivity (Wildman–Crippen MR) is 101 cm³/mol. The van der Waals surface area contributed by atoms with E-state index in [9.17, 15) is 0 Å². The zero-order valence-electron chi connectivity index (χ0n) is 15.6. The minimum Gasteiger partial charge on any atom is -0.493 e. The molecule has 1 aliphatic heterocycles. The molecule has 1 fully saturated rings. The van der Waals surface area contributed by atoms with Gasteiger partial charge < -0.3 is 25.3 Å². The molecular weight excluding hydrogens is 320 g/mol. The highest BCUT2D eigenvalue weighted by molar-refractivity contribution is 5.92. The number of hydrogen-bond acceptors (Lipinski definition) is 5. The van der Waals surface area contributed by atoms with Crippen molar-refractivity contribution in [3.05, 3.63) is 18.2 Å². The number of guanidine groups is 1. The van der Waals surface area contributed by atoms with Gasteiger partial charge >= 0.3 is 0 Å². The molecule has 1 heterocycles. The Kier molecular flexibility index (Phi) is 7.33. The van der Waals surface area contributed by atoms with Crippen LogP contribution < -0.4 is 20.5 Å². The third-order valence-corrected chi connectivity index (χ3v) is 3.97. The molecule has 0 bridgehead atoms. The number of methoxy groups -OCH3 is 2. The molecule has 1 atom stereocenters. The molecule has 1 aromatic carbocycles. The topological polar surface area (TPSA) is 81.3 Å². The number of ether oxygens (including phenoxy) is 3. The van der Waals surface area contributed by atoms with Crippen LogP contribution in [-0.2, 0) is 4.74 Å². The van der Waals surface area contributed by atoms with Gasteiger partial charge in [0.15, 0.2) is 17.5 Å². The molecule has 7 heteroatoms. The van der Waals surface area contributed by atoms with Gasteiger partial charge in [0.25, 0.3) is 0 Å². The second-order valence-corrected chi connectivity index (χ2v) is 6.57. The lowest BCUT2D eigenvalue weighted by atomic mass is 10.2. The molecule has 1 unspecified atom stereocenters. The molecule has 2 rings (SSSR count). The van der Waals surface area contributed by atoms with Crippen molar-refractivity contribution in [2.24, 2.45) is 16.6 Å². The maximum atomic E-state index is 6.00. The third-order valence-electron chi connectivity index (χ3n) is 3.97. The van der Waals surface area contributed by atoms with Crippen molar-refractivity contribution in [1.82, 2.24) is 4.90 Å². The fourth-order valence-electron chi connectivity index (χ4n) is 2.87. The van der Waals surface area contributed by atoms with Gasteiger partial charge in [-0.05, 0) is 18.1 Å². The molecule has 140 valence electrons. The maximum absolute atomic E-state index is 6.00. The summed E-state index contributed by atoms with van der Waals surface area (Å²) in [6, 6.07) is 5.51. The van der Waals surface area contributed by atoms with E-state index in [0.717, 1.165) is 31.9 Å². The van der Waals surface area contributed by atoms with E-state index in [4.69, 9.17) is 19.9 Å². The molecule has 1 saturated heterocycles. The zero-order valence-corrected chi connectivity index (χ0v) is 15.6. The predicted octanol–water partition coefficient (Wildman–Crippen LogP) is 1.79. The van der Waals surface area contributed by atoms with Gasteiger partial charge in [0.2, 0.25) is 0 Å². The van der Waals surface area contributed by atoms with Crippen LogP contribution in [0.2, 0.25) is 0 Å². The van der Waals surface area contributed by atoms with Crippen molar-refractivity contribution in [2.45, 2.75) is 20.0 Å². The second-order valence-electron chi connectivity index (χ2n) is 6.57. The number of nitrogens with one attached hydrogen (secondary N) is 1. The van der Waals surface area contributed by atoms with E-state index in [1.54, 1.807) is 14.2 Å². The lowest BCUT2D eigenvalue weighted by molar-refractivity contribution is -0.0261. The van der Waals surface area contributed by atoms with Crippen LogP contribution in [0.25, 0.3) is 0 Å². The van der Waals surface area contributed by atoms with Gasteiger partial charge in [-0.2, -0.15) is 0 Å². The van der Waals surface area contributed by atoms with Crippen LogP contribution in [0.15, 0.2) is 23.2 Å². The monoisotopic (exact) mass is 350 g/mol. The Morgan fingerprint density at radius 1 is 1.36 bits per heavy atom. The summed E-state index contributed by atoms with van der Waals surface area (Å²) in [4.78, 5) is 6.84. The van der Waals surface area contributed by atoms with Crippen LogP contribution in [0, 0.1) is 5.92 Å². The normalized spacial score (nSPS) is 19.1. The maximum Gasteiger partial charge on any atom is 0.193 e. The fraction of sp³-hybridized carbons (Fsp3) is 0.611. The molecule has 3 N–H and O–H groups in total. The first-order valence-electron chi connectivity index (χ1n) is 8.64. The summed E-state index contributed by atoms with van der Waals surface area (Å²) in [5.74, 6) is 2.32. The van der Waals surface area contributed by atoms with Crippen molar-refractivity contribution < 1.29 is 14.2 Å². The highest BCUT2D eigenvalue weighted by Crippen LogP contribution is 2.29. The molecule has 0 radical (unpaired) electrons. The molecule has 25 heavy (non-hydrogen) atoms. The molecule has 0 aliphatic carbocycles. The number of morpholine rings is 1. The van der Waals surface area contributed by atoms with Crippen LogP contribution in [0.5, 0.6) is 11.5 Å². The quantitative estimate of drug-likeness (QED) is 0.576. The minimum atomic E-state index is 0.0817. The molecule has 0 amide bonds. The zero-order chi connectivity index (χ0) is 18.2. The summed E-state index contributed by atoms with van der Waals surface area (Å²) in [6.07, 6.45) is 0.0817. The summed E-state index contributed by atoms with van der Waals surface area (Å²) in [5.41, 5.74) is 6.79. The van der Waals surface area contributed by atoms with Gasteiger partial charge in [-0.3, -0.25) is 9.89 Å². The Labute approximate surface area is 150 Å². The Morgan fingerprint density at radius 3 is 2.80 bits per heavy atom. The van der Waals surface area contributed by atoms with Crippen LogP contribution in [0.3, 0.4) is 0 Å². The van der Waals surface area contributed by atoms with Crippen LogP contribution in [-0.4, -0.2) is 64.0 Å². The average molecular weight is 350 g/mol. The lowest BCUT2D eigenvalue weighted by Gasteiger charge is -2.33. The first-order chi connectivity index (χ1) is 12.0. The number of nitrogens with two attached hydrogens (primary N) is 1. The Balaban J connectivity index is 1.89. The average Bonchev–Trinajstić information content (AvgIpc) is 2.59. The fourth-order valence-corrected chi connectivity index (χ4v) is 2.87. The van der Waals surface area contributed by atoms with Gasteiger partial charge in [-0.1, -0.05) is 13.8 Å². The molecular formula is C18H30N4O3. The Bertz CT molecular complexity index is 577. The number of rotatable bonds is 7. The molecule has 7 nitrogen and oxygen atoms in total. The van der Waals surface area contributed by atoms with Gasteiger partial charge in [0.1, 0.15) is 0 Å². The molecule has 1 aromatic rings. The first-order valence-corrected chi connectivity index (χ1v) is 8.64. The summed E-state index contributed by atoms with van der Waals surface area (Å²) in [7, 11) is 3.20. The number of benzene rings is 1. The summed E-state index contributed by atoms with van der Waals surface area (Å²) in [6.45, 7) is 8.71. The van der Waals surface area contributed by atoms with Crippen molar-refractivity contribution in [2.75, 3.05) is 52.3 Å². The van der Waals surface area contributed by atoms with E-state index in [1.807, 2.05) is 18.2 Å². The van der Waals surface area contributed by atoms with Crippen molar-refractivity contribution in [3.8, 4) is 11.5 Å². The number of hydrogen-bond donors (Lipinski definition) is 2. The van der Waals surface area contributed by atoms with Crippen molar-refractivity contribution in [3.63, 3.8) is 0 Å². The smallest absolute Gasteiger partial charge is 0.193 e. The van der Waals surface area contributed by atoms with E-state index in [0.29, 0.717) is 29.9 Å². The highest BCUT2D eigenvalue weighted by Gasteiger charge is 2.20. The summed E-state index contributed by atoms with van der Waals surface area (Å²) >= 11 is 0. The molecule has 0 aromatic heterocycles. The van der Waals surface area contributed by atoms with Crippen LogP contribution >= 0.6 is 0 Å². The van der Waals surface area contributed by atoms with Gasteiger partial charge in [-0.15, -0.1) is 0 Å². The van der Waals surface area contributed by atoms with Crippen molar-refractivity contribution in [1.29, 1.82) is 0 Å². The second kappa shape index (κ2) is 9.48. The van der Waals surface area contributed by atoms with Crippen LogP contribution in [0.4, 0.5) is 5.69 Å². The number of aliphatic imine (C=N–C) groups is 1. The van der Waals surface area contributed by atoms with Gasteiger partial charge in [-0.25, -0.2) is 0 Å². The van der Waals surface area contributed by atoms with E-state index in [2.05, 4.69) is 29.1 Å². The largest absolute Gasteiger partial charge is 0.493 e. The molecule has 0 spiro atoms. The number of anilines is 1. The molecule has 0 saturated carbocycles. The van der Waals surface area contributed by atoms with E-state index in [1.165, 1.54) is 0 Å². The first kappa shape index (κ1) is 19.3. The lowest BCUT2D eigenvalue weighted by Crippen LogP contribution is -2.45. The van der Waals surface area contributed by atoms with Gasteiger partial charge in [0.05, 0.1) is 33.5 Å². The minimum absolute atomic E-state index is 0.0817. The summed E-state index contributed by atoms with van der Waals surface area (Å²) in [5, 5.41) is 3.07. The van der Waals surface area contributed by atoms with E-state index >= 15 is 0 Å². The Morgan fingerprint density at radius 2 is 2.12 bits per heavy atom. The van der Waals surface area contributed by atoms with E-state index in [-0.39, 0.29) is 6.10 Å². The highest BCUT2D eigenvalue weighted by atomic mass is 16.5. The summed E-state index contributed by atoms with van der Waals surface area (Å²) < 4.78 is 16.3. The standard InChI is InChI=1S/C18H30N4O3/c1-13(2)11-22-7-8-25-15(12-22)10-20-18(19)21-14-5-6-16(23-3)17(9-14)24-4/h5-6,9,13,15H,7-8,10-12H2,1-4H3,(H3,19,20,21). The van der Waals surface area contributed by atoms with E-state index < -0.39 is 0 Å². The third kappa shape index (κ3) is 6.10. The number of nitrogens with zero attached hydrogens (tertiary/aromatic N) is 2. The Hall–Kier alpha value is -1.99. The van der Waals surface area contributed by atoms with Crippen molar-refractivity contribution >= 4 is 11.6 Å². The van der Waals surface area contributed by atoms with Crippen LogP contribution in [0.1, 0.15) is 13.8 Å².